The Hall–Kier alpha value is -4.60. The minimum atomic E-state index is -0.612. The molecule has 5 rings (SSSR count). The van der Waals surface area contributed by atoms with Crippen molar-refractivity contribution in [3.63, 3.8) is 0 Å². The highest BCUT2D eigenvalue weighted by Gasteiger charge is 2.26. The summed E-state index contributed by atoms with van der Waals surface area (Å²) in [5.74, 6) is -1.38. The number of hydrogen-bond donors (Lipinski definition) is 3. The third-order valence-electron chi connectivity index (χ3n) is 7.15. The second kappa shape index (κ2) is 15.3. The van der Waals surface area contributed by atoms with E-state index in [1.54, 1.807) is 77.7 Å². The number of anilines is 2. The first-order valence-electron chi connectivity index (χ1n) is 14.3. The highest BCUT2D eigenvalue weighted by atomic mass is 35.5. The number of thiophene rings is 1. The Bertz CT molecular complexity index is 1920. The third kappa shape index (κ3) is 8.41. The number of carbonyl (C=O) groups excluding carboxylic acids is 4. The largest absolute Gasteiger partial charge is 0.337 e. The van der Waals surface area contributed by atoms with Gasteiger partial charge in [0.25, 0.3) is 11.8 Å². The molecule has 2 heterocycles. The number of thioether (sulfide) groups is 1. The van der Waals surface area contributed by atoms with Gasteiger partial charge in [0.05, 0.1) is 17.9 Å². The van der Waals surface area contributed by atoms with Crippen LogP contribution >= 0.6 is 46.3 Å². The van der Waals surface area contributed by atoms with Gasteiger partial charge in [-0.05, 0) is 60.5 Å². The van der Waals surface area contributed by atoms with Crippen LogP contribution < -0.4 is 16.0 Å². The van der Waals surface area contributed by atoms with Gasteiger partial charge in [-0.2, -0.15) is 5.26 Å². The van der Waals surface area contributed by atoms with Gasteiger partial charge in [0.1, 0.15) is 16.8 Å². The van der Waals surface area contributed by atoms with Crippen molar-refractivity contribution in [1.82, 2.24) is 10.2 Å². The van der Waals surface area contributed by atoms with E-state index in [9.17, 15) is 24.4 Å². The summed E-state index contributed by atoms with van der Waals surface area (Å²) >= 11 is 15.3. The maximum atomic E-state index is 13.5. The van der Waals surface area contributed by atoms with E-state index in [2.05, 4.69) is 22.0 Å². The fraction of sp³-hybridized carbons (Fsp3) is 0.147. The first-order valence-corrected chi connectivity index (χ1v) is 16.8. The van der Waals surface area contributed by atoms with Crippen LogP contribution in [0.1, 0.15) is 38.8 Å². The highest BCUT2D eigenvalue weighted by Crippen LogP contribution is 2.37. The molecule has 0 fully saturated rings. The number of fused-ring (bicyclic) bond motifs is 1. The summed E-state index contributed by atoms with van der Waals surface area (Å²) in [6, 6.07) is 22.5. The molecule has 0 spiro atoms. The van der Waals surface area contributed by atoms with Crippen LogP contribution in [-0.2, 0) is 27.3 Å². The SMILES string of the molecule is CC(=O)N1CCc2c(sc(NC(=O)CSc3cccc(NC(=O)/C(=C\c4c(Cl)cccc4Cl)NC(=O)c4ccccc4)c3)c2C#N)C1. The van der Waals surface area contributed by atoms with E-state index >= 15 is 0 Å². The van der Waals surface area contributed by atoms with Crippen molar-refractivity contribution in [2.24, 2.45) is 0 Å². The van der Waals surface area contributed by atoms with Crippen LogP contribution in [0.5, 0.6) is 0 Å². The standard InChI is InChI=1S/C34H27Cl2N5O4S2/c1-20(42)41-14-13-24-26(17-37)34(47-30(24)18-41)40-31(43)19-46-23-10-5-9-22(15-23)38-33(45)29(16-25-27(35)11-6-12-28(25)36)39-32(44)21-7-3-2-4-8-21/h2-12,15-16H,13-14,18-19H2,1H3,(H,38,45)(H,39,44)(H,40,43)/b29-16+. The van der Waals surface area contributed by atoms with E-state index in [0.717, 1.165) is 10.4 Å². The lowest BCUT2D eigenvalue weighted by molar-refractivity contribution is -0.129. The molecule has 0 saturated heterocycles. The molecule has 1 aliphatic heterocycles. The van der Waals surface area contributed by atoms with E-state index < -0.39 is 11.8 Å². The Morgan fingerprint density at radius 3 is 2.43 bits per heavy atom. The summed E-state index contributed by atoms with van der Waals surface area (Å²) in [7, 11) is 0. The molecular weight excluding hydrogens is 677 g/mol. The first kappa shape index (κ1) is 33.8. The lowest BCUT2D eigenvalue weighted by atomic mass is 10.0. The zero-order valence-electron chi connectivity index (χ0n) is 24.9. The van der Waals surface area contributed by atoms with Gasteiger partial charge >= 0.3 is 0 Å². The molecular formula is C34H27Cl2N5O4S2. The highest BCUT2D eigenvalue weighted by molar-refractivity contribution is 8.00. The first-order chi connectivity index (χ1) is 22.6. The maximum Gasteiger partial charge on any atom is 0.272 e. The molecule has 0 aliphatic carbocycles. The van der Waals surface area contributed by atoms with Crippen molar-refractivity contribution in [1.29, 1.82) is 5.26 Å². The molecule has 4 amide bonds. The molecule has 3 aromatic carbocycles. The molecule has 0 radical (unpaired) electrons. The third-order valence-corrected chi connectivity index (χ3v) is 9.93. The smallest absolute Gasteiger partial charge is 0.272 e. The number of rotatable bonds is 9. The van der Waals surface area contributed by atoms with E-state index in [4.69, 9.17) is 23.2 Å². The minimum Gasteiger partial charge on any atom is -0.337 e. The summed E-state index contributed by atoms with van der Waals surface area (Å²) in [5, 5.41) is 19.2. The number of hydrogen-bond acceptors (Lipinski definition) is 7. The van der Waals surface area contributed by atoms with Gasteiger partial charge in [0.15, 0.2) is 0 Å². The van der Waals surface area contributed by atoms with Crippen molar-refractivity contribution in [2.75, 3.05) is 22.9 Å². The second-order valence-corrected chi connectivity index (χ2v) is 13.3. The van der Waals surface area contributed by atoms with Gasteiger partial charge in [-0.1, -0.05) is 53.5 Å². The lowest BCUT2D eigenvalue weighted by Gasteiger charge is -2.25. The Labute approximate surface area is 289 Å². The molecule has 0 bridgehead atoms. The van der Waals surface area contributed by atoms with Crippen molar-refractivity contribution in [3.05, 3.63) is 116 Å². The molecule has 1 aromatic heterocycles. The molecule has 4 aromatic rings. The molecule has 0 saturated carbocycles. The molecule has 238 valence electrons. The summed E-state index contributed by atoms with van der Waals surface area (Å²) < 4.78 is 0. The van der Waals surface area contributed by atoms with Crippen LogP contribution in [0.2, 0.25) is 10.0 Å². The average molecular weight is 705 g/mol. The average Bonchev–Trinajstić information content (AvgIpc) is 3.41. The molecule has 3 N–H and O–H groups in total. The number of carbonyl (C=O) groups is 4. The summed E-state index contributed by atoms with van der Waals surface area (Å²) in [6.07, 6.45) is 1.98. The predicted octanol–water partition coefficient (Wildman–Crippen LogP) is 6.97. The van der Waals surface area contributed by atoms with Crippen LogP contribution in [0, 0.1) is 11.3 Å². The van der Waals surface area contributed by atoms with Crippen molar-refractivity contribution >= 4 is 86.7 Å². The minimum absolute atomic E-state index is 0.0304. The number of benzene rings is 3. The van der Waals surface area contributed by atoms with Crippen molar-refractivity contribution < 1.29 is 19.2 Å². The summed E-state index contributed by atoms with van der Waals surface area (Å²) in [4.78, 5) is 54.5. The Morgan fingerprint density at radius 1 is 1.00 bits per heavy atom. The predicted molar refractivity (Wildman–Crippen MR) is 187 cm³/mol. The zero-order valence-corrected chi connectivity index (χ0v) is 28.1. The van der Waals surface area contributed by atoms with Gasteiger partial charge in [0.2, 0.25) is 11.8 Å². The fourth-order valence-corrected chi connectivity index (χ4v) is 7.28. The van der Waals surface area contributed by atoms with E-state index in [0.29, 0.717) is 61.8 Å². The topological polar surface area (TPSA) is 131 Å². The number of nitriles is 1. The Kier molecular flexibility index (Phi) is 11.0. The zero-order chi connectivity index (χ0) is 33.5. The van der Waals surface area contributed by atoms with Gasteiger partial charge in [-0.15, -0.1) is 23.1 Å². The van der Waals surface area contributed by atoms with Gasteiger partial charge in [-0.25, -0.2) is 0 Å². The van der Waals surface area contributed by atoms with Crippen LogP contribution in [0.15, 0.2) is 83.4 Å². The Morgan fingerprint density at radius 2 is 1.72 bits per heavy atom. The quantitative estimate of drug-likeness (QED) is 0.127. The number of halogens is 2. The second-order valence-electron chi connectivity index (χ2n) is 10.3. The summed E-state index contributed by atoms with van der Waals surface area (Å²) in [6.45, 7) is 2.47. The molecule has 1 aliphatic rings. The lowest BCUT2D eigenvalue weighted by Crippen LogP contribution is -2.33. The van der Waals surface area contributed by atoms with E-state index in [1.807, 2.05) is 0 Å². The number of nitrogens with one attached hydrogen (secondary N) is 3. The van der Waals surface area contributed by atoms with Crippen molar-refractivity contribution in [3.8, 4) is 6.07 Å². The maximum absolute atomic E-state index is 13.5. The summed E-state index contributed by atoms with van der Waals surface area (Å²) in [5.41, 5.74) is 2.40. The Balaban J connectivity index is 1.27. The normalized spacial score (nSPS) is 12.5. The fourth-order valence-electron chi connectivity index (χ4n) is 4.79. The molecule has 47 heavy (non-hydrogen) atoms. The van der Waals surface area contributed by atoms with Crippen LogP contribution in [0.25, 0.3) is 6.08 Å². The number of amides is 4. The molecule has 13 heteroatoms. The van der Waals surface area contributed by atoms with Crippen LogP contribution in [-0.4, -0.2) is 40.8 Å². The van der Waals surface area contributed by atoms with Gasteiger partial charge in [0, 0.05) is 50.1 Å². The van der Waals surface area contributed by atoms with E-state index in [-0.39, 0.29) is 23.3 Å². The van der Waals surface area contributed by atoms with E-state index in [1.165, 1.54) is 36.1 Å². The molecule has 0 atom stereocenters. The van der Waals surface area contributed by atoms with Gasteiger partial charge < -0.3 is 20.9 Å². The van der Waals surface area contributed by atoms with Gasteiger partial charge in [-0.3, -0.25) is 19.2 Å². The molecule has 9 nitrogen and oxygen atoms in total. The van der Waals surface area contributed by atoms with Crippen molar-refractivity contribution in [2.45, 2.75) is 24.8 Å². The van der Waals surface area contributed by atoms with Crippen LogP contribution in [0.3, 0.4) is 0 Å². The monoisotopic (exact) mass is 703 g/mol. The molecule has 0 unspecified atom stereocenters. The number of nitrogens with zero attached hydrogens (tertiary/aromatic N) is 2. The van der Waals surface area contributed by atoms with Crippen LogP contribution in [0.4, 0.5) is 10.7 Å².